The minimum absolute atomic E-state index is 0.0334. The second kappa shape index (κ2) is 8.71. The number of nitrogens with one attached hydrogen (secondary N) is 1. The van der Waals surface area contributed by atoms with E-state index in [1.54, 1.807) is 41.3 Å². The summed E-state index contributed by atoms with van der Waals surface area (Å²) in [6.07, 6.45) is 3.79. The zero-order chi connectivity index (χ0) is 20.9. The summed E-state index contributed by atoms with van der Waals surface area (Å²) in [5.41, 5.74) is 6.08. The molecule has 1 fully saturated rings. The van der Waals surface area contributed by atoms with E-state index in [1.165, 1.54) is 0 Å². The maximum atomic E-state index is 12.8. The maximum Gasteiger partial charge on any atom is 0.254 e. The van der Waals surface area contributed by atoms with Crippen molar-refractivity contribution in [2.75, 3.05) is 25.0 Å². The molecule has 2 unspecified atom stereocenters. The summed E-state index contributed by atoms with van der Waals surface area (Å²) in [5, 5.41) is 2.87. The SMILES string of the molecule is C=CCN(CC=C)C(=O)c1ccc(NC(=O)C2(N)CC(OCC)C2(C)C)cc1. The molecule has 0 heterocycles. The van der Waals surface area contributed by atoms with E-state index < -0.39 is 11.0 Å². The summed E-state index contributed by atoms with van der Waals surface area (Å²) in [6.45, 7) is 14.7. The highest BCUT2D eigenvalue weighted by molar-refractivity contribution is 6.00. The van der Waals surface area contributed by atoms with E-state index >= 15 is 0 Å². The molecule has 1 aromatic carbocycles. The molecule has 1 aromatic rings. The lowest BCUT2D eigenvalue weighted by molar-refractivity contribution is -0.166. The van der Waals surface area contributed by atoms with E-state index in [-0.39, 0.29) is 17.9 Å². The van der Waals surface area contributed by atoms with Crippen molar-refractivity contribution in [3.8, 4) is 0 Å². The Morgan fingerprint density at radius 1 is 1.25 bits per heavy atom. The van der Waals surface area contributed by atoms with Gasteiger partial charge >= 0.3 is 0 Å². The predicted octanol–water partition coefficient (Wildman–Crippen LogP) is 2.97. The zero-order valence-electron chi connectivity index (χ0n) is 17.0. The first-order chi connectivity index (χ1) is 13.2. The Kier molecular flexibility index (Phi) is 6.80. The molecule has 28 heavy (non-hydrogen) atoms. The minimum Gasteiger partial charge on any atom is -0.378 e. The zero-order valence-corrected chi connectivity index (χ0v) is 17.0. The molecule has 0 aromatic heterocycles. The molecule has 6 nitrogen and oxygen atoms in total. The van der Waals surface area contributed by atoms with Crippen LogP contribution < -0.4 is 11.1 Å². The highest BCUT2D eigenvalue weighted by atomic mass is 16.5. The van der Waals surface area contributed by atoms with Gasteiger partial charge in [0.1, 0.15) is 5.54 Å². The van der Waals surface area contributed by atoms with Gasteiger partial charge in [-0.05, 0) is 31.2 Å². The Bertz CT molecular complexity index is 732. The van der Waals surface area contributed by atoms with E-state index in [9.17, 15) is 9.59 Å². The van der Waals surface area contributed by atoms with Gasteiger partial charge in [-0.25, -0.2) is 0 Å². The van der Waals surface area contributed by atoms with Crippen LogP contribution in [0.4, 0.5) is 5.69 Å². The standard InChI is InChI=1S/C22H31N3O3/c1-6-13-25(14-7-2)19(26)16-9-11-17(12-10-16)24-20(27)22(23)15-18(28-8-3)21(22,4)5/h6-7,9-12,18H,1-2,8,13-15,23H2,3-5H3,(H,24,27). The monoisotopic (exact) mass is 385 g/mol. The molecule has 1 aliphatic rings. The fourth-order valence-corrected chi connectivity index (χ4v) is 3.49. The van der Waals surface area contributed by atoms with Crippen LogP contribution in [0.5, 0.6) is 0 Å². The molecule has 2 atom stereocenters. The molecule has 1 aliphatic carbocycles. The average Bonchev–Trinajstić information content (AvgIpc) is 2.67. The Morgan fingerprint density at radius 2 is 1.82 bits per heavy atom. The van der Waals surface area contributed by atoms with Crippen LogP contribution in [-0.2, 0) is 9.53 Å². The van der Waals surface area contributed by atoms with Gasteiger partial charge in [-0.15, -0.1) is 13.2 Å². The van der Waals surface area contributed by atoms with Gasteiger partial charge in [0.15, 0.2) is 0 Å². The molecular weight excluding hydrogens is 354 g/mol. The second-order valence-electron chi connectivity index (χ2n) is 7.66. The smallest absolute Gasteiger partial charge is 0.254 e. The summed E-state index contributed by atoms with van der Waals surface area (Å²) in [6, 6.07) is 6.80. The van der Waals surface area contributed by atoms with Crippen LogP contribution in [-0.4, -0.2) is 48.1 Å². The fourth-order valence-electron chi connectivity index (χ4n) is 3.49. The number of hydrogen-bond acceptors (Lipinski definition) is 4. The van der Waals surface area contributed by atoms with Crippen LogP contribution >= 0.6 is 0 Å². The van der Waals surface area contributed by atoms with Crippen LogP contribution in [0.1, 0.15) is 37.6 Å². The van der Waals surface area contributed by atoms with Crippen LogP contribution in [0.2, 0.25) is 0 Å². The van der Waals surface area contributed by atoms with Crippen molar-refractivity contribution in [2.45, 2.75) is 38.8 Å². The van der Waals surface area contributed by atoms with Gasteiger partial charge in [0, 0.05) is 42.8 Å². The summed E-state index contributed by atoms with van der Waals surface area (Å²) in [7, 11) is 0. The van der Waals surface area contributed by atoms with Crippen molar-refractivity contribution in [3.63, 3.8) is 0 Å². The normalized spacial score (nSPS) is 22.6. The van der Waals surface area contributed by atoms with Crippen molar-refractivity contribution in [3.05, 3.63) is 55.1 Å². The number of nitrogens with zero attached hydrogens (tertiary/aromatic N) is 1. The number of carbonyl (C=O) groups excluding carboxylic acids is 2. The number of ether oxygens (including phenoxy) is 1. The molecule has 0 aliphatic heterocycles. The molecular formula is C22H31N3O3. The lowest BCUT2D eigenvalue weighted by Gasteiger charge is -2.57. The number of benzene rings is 1. The summed E-state index contributed by atoms with van der Waals surface area (Å²) in [4.78, 5) is 27.0. The summed E-state index contributed by atoms with van der Waals surface area (Å²) in [5.74, 6) is -0.361. The lowest BCUT2D eigenvalue weighted by Crippen LogP contribution is -2.74. The van der Waals surface area contributed by atoms with Gasteiger partial charge in [-0.3, -0.25) is 9.59 Å². The Labute approximate surface area is 167 Å². The van der Waals surface area contributed by atoms with Crippen LogP contribution in [0.25, 0.3) is 0 Å². The highest BCUT2D eigenvalue weighted by Gasteiger charge is 2.62. The van der Waals surface area contributed by atoms with Gasteiger partial charge < -0.3 is 20.7 Å². The number of carbonyl (C=O) groups is 2. The first-order valence-corrected chi connectivity index (χ1v) is 9.54. The Morgan fingerprint density at radius 3 is 2.29 bits per heavy atom. The summed E-state index contributed by atoms with van der Waals surface area (Å²) < 4.78 is 5.68. The number of anilines is 1. The van der Waals surface area contributed by atoms with Crippen LogP contribution in [0, 0.1) is 5.41 Å². The van der Waals surface area contributed by atoms with Crippen LogP contribution in [0.3, 0.4) is 0 Å². The van der Waals surface area contributed by atoms with Gasteiger partial charge in [-0.2, -0.15) is 0 Å². The van der Waals surface area contributed by atoms with Gasteiger partial charge in [0.05, 0.1) is 6.10 Å². The van der Waals surface area contributed by atoms with Crippen molar-refractivity contribution in [1.82, 2.24) is 4.90 Å². The van der Waals surface area contributed by atoms with Gasteiger partial charge in [0.2, 0.25) is 5.91 Å². The van der Waals surface area contributed by atoms with Crippen molar-refractivity contribution in [2.24, 2.45) is 11.1 Å². The summed E-state index contributed by atoms with van der Waals surface area (Å²) >= 11 is 0. The molecule has 2 rings (SSSR count). The molecule has 152 valence electrons. The minimum atomic E-state index is -0.994. The highest BCUT2D eigenvalue weighted by Crippen LogP contribution is 2.50. The molecule has 0 radical (unpaired) electrons. The molecule has 0 bridgehead atoms. The first-order valence-electron chi connectivity index (χ1n) is 9.54. The lowest BCUT2D eigenvalue weighted by atomic mass is 9.54. The molecule has 3 N–H and O–H groups in total. The van der Waals surface area contributed by atoms with E-state index in [1.807, 2.05) is 20.8 Å². The second-order valence-corrected chi connectivity index (χ2v) is 7.66. The molecule has 6 heteroatoms. The van der Waals surface area contributed by atoms with Crippen LogP contribution in [0.15, 0.2) is 49.6 Å². The van der Waals surface area contributed by atoms with Crippen molar-refractivity contribution >= 4 is 17.5 Å². The van der Waals surface area contributed by atoms with E-state index in [2.05, 4.69) is 18.5 Å². The third-order valence-corrected chi connectivity index (χ3v) is 5.61. The third-order valence-electron chi connectivity index (χ3n) is 5.61. The third kappa shape index (κ3) is 4.03. The molecule has 0 spiro atoms. The first kappa shape index (κ1) is 21.9. The van der Waals surface area contributed by atoms with E-state index in [0.717, 1.165) is 0 Å². The maximum absolute atomic E-state index is 12.8. The largest absolute Gasteiger partial charge is 0.378 e. The number of hydrogen-bond donors (Lipinski definition) is 2. The topological polar surface area (TPSA) is 84.7 Å². The Hall–Kier alpha value is -2.44. The number of amides is 2. The van der Waals surface area contributed by atoms with E-state index in [0.29, 0.717) is 37.4 Å². The molecule has 2 amide bonds. The Balaban J connectivity index is 2.06. The van der Waals surface area contributed by atoms with Crippen molar-refractivity contribution < 1.29 is 14.3 Å². The quantitative estimate of drug-likeness (QED) is 0.640. The van der Waals surface area contributed by atoms with Gasteiger partial charge in [-0.1, -0.05) is 26.0 Å². The van der Waals surface area contributed by atoms with Crippen molar-refractivity contribution in [1.29, 1.82) is 0 Å². The number of nitrogens with two attached hydrogens (primary N) is 1. The van der Waals surface area contributed by atoms with Gasteiger partial charge in [0.25, 0.3) is 5.91 Å². The molecule has 1 saturated carbocycles. The predicted molar refractivity (Wildman–Crippen MR) is 112 cm³/mol. The average molecular weight is 386 g/mol. The molecule has 0 saturated heterocycles. The van der Waals surface area contributed by atoms with E-state index in [4.69, 9.17) is 10.5 Å². The number of rotatable bonds is 9. The fraction of sp³-hybridized carbons (Fsp3) is 0.455.